The third kappa shape index (κ3) is 4.28. The second-order valence-corrected chi connectivity index (χ2v) is 4.71. The van der Waals surface area contributed by atoms with Crippen LogP contribution in [0, 0.1) is 11.3 Å². The quantitative estimate of drug-likeness (QED) is 0.799. The Kier molecular flexibility index (Phi) is 5.44. The molecule has 1 aromatic heterocycles. The summed E-state index contributed by atoms with van der Waals surface area (Å²) >= 11 is 0. The lowest BCUT2D eigenvalue weighted by atomic mass is 10.2. The molecule has 0 spiro atoms. The van der Waals surface area contributed by atoms with Crippen molar-refractivity contribution in [1.82, 2.24) is 15.3 Å². The van der Waals surface area contributed by atoms with Gasteiger partial charge in [-0.05, 0) is 24.6 Å². The van der Waals surface area contributed by atoms with Crippen LogP contribution in [-0.4, -0.2) is 22.4 Å². The van der Waals surface area contributed by atoms with Crippen molar-refractivity contribution in [3.8, 4) is 6.07 Å². The fraction of sp³-hybridized carbons (Fsp3) is 0.250. The summed E-state index contributed by atoms with van der Waals surface area (Å²) in [5.41, 5.74) is 1.59. The van der Waals surface area contributed by atoms with Crippen molar-refractivity contribution < 1.29 is 4.79 Å². The number of anilines is 2. The summed E-state index contributed by atoms with van der Waals surface area (Å²) in [7, 11) is 0. The molecule has 22 heavy (non-hydrogen) atoms. The fourth-order valence-electron chi connectivity index (χ4n) is 1.79. The Morgan fingerprint density at radius 2 is 2.18 bits per heavy atom. The summed E-state index contributed by atoms with van der Waals surface area (Å²) in [5, 5.41) is 14.7. The molecular weight excluding hydrogens is 278 g/mol. The Hall–Kier alpha value is -2.94. The molecule has 6 nitrogen and oxygen atoms in total. The van der Waals surface area contributed by atoms with Crippen LogP contribution in [0.25, 0.3) is 0 Å². The number of benzene rings is 1. The van der Waals surface area contributed by atoms with Crippen LogP contribution >= 0.6 is 0 Å². The summed E-state index contributed by atoms with van der Waals surface area (Å²) in [6.07, 6.45) is 4.89. The van der Waals surface area contributed by atoms with E-state index in [0.717, 1.165) is 18.5 Å². The van der Waals surface area contributed by atoms with Crippen LogP contribution < -0.4 is 10.6 Å². The van der Waals surface area contributed by atoms with Gasteiger partial charge in [0.15, 0.2) is 0 Å². The molecule has 0 saturated carbocycles. The average molecular weight is 295 g/mol. The molecule has 0 aliphatic carbocycles. The van der Waals surface area contributed by atoms with Gasteiger partial charge in [0.25, 0.3) is 5.91 Å². The smallest absolute Gasteiger partial charge is 0.271 e. The van der Waals surface area contributed by atoms with E-state index in [1.165, 1.54) is 12.4 Å². The summed E-state index contributed by atoms with van der Waals surface area (Å²) < 4.78 is 0. The second kappa shape index (κ2) is 7.74. The molecule has 0 bridgehead atoms. The minimum absolute atomic E-state index is 0.223. The average Bonchev–Trinajstić information content (AvgIpc) is 2.56. The highest BCUT2D eigenvalue weighted by Gasteiger charge is 2.07. The summed E-state index contributed by atoms with van der Waals surface area (Å²) in [5.74, 6) is 0.291. The van der Waals surface area contributed by atoms with E-state index in [2.05, 4.69) is 33.6 Å². The number of carbonyl (C=O) groups is 1. The first-order valence-corrected chi connectivity index (χ1v) is 7.10. The van der Waals surface area contributed by atoms with E-state index in [1.54, 1.807) is 18.2 Å². The van der Waals surface area contributed by atoms with Gasteiger partial charge in [-0.2, -0.15) is 5.26 Å². The van der Waals surface area contributed by atoms with Crippen molar-refractivity contribution in [1.29, 1.82) is 5.26 Å². The molecule has 0 aliphatic rings. The van der Waals surface area contributed by atoms with Gasteiger partial charge in [-0.3, -0.25) is 4.79 Å². The zero-order valence-electron chi connectivity index (χ0n) is 12.3. The van der Waals surface area contributed by atoms with Gasteiger partial charge in [-0.1, -0.05) is 19.4 Å². The normalized spacial score (nSPS) is 9.82. The van der Waals surface area contributed by atoms with Gasteiger partial charge in [0.1, 0.15) is 11.5 Å². The number of aromatic nitrogens is 2. The van der Waals surface area contributed by atoms with E-state index in [0.29, 0.717) is 17.9 Å². The van der Waals surface area contributed by atoms with Gasteiger partial charge in [0.2, 0.25) is 0 Å². The molecular formula is C16H17N5O. The van der Waals surface area contributed by atoms with Crippen LogP contribution in [0.4, 0.5) is 11.5 Å². The third-order valence-corrected chi connectivity index (χ3v) is 2.96. The van der Waals surface area contributed by atoms with Gasteiger partial charge >= 0.3 is 0 Å². The first-order chi connectivity index (χ1) is 10.7. The molecule has 0 unspecified atom stereocenters. The Morgan fingerprint density at radius 3 is 2.86 bits per heavy atom. The first kappa shape index (κ1) is 15.4. The second-order valence-electron chi connectivity index (χ2n) is 4.71. The molecule has 0 radical (unpaired) electrons. The van der Waals surface area contributed by atoms with Crippen molar-refractivity contribution in [2.75, 3.05) is 11.9 Å². The lowest BCUT2D eigenvalue weighted by molar-refractivity contribution is 0.0948. The van der Waals surface area contributed by atoms with E-state index in [-0.39, 0.29) is 11.6 Å². The van der Waals surface area contributed by atoms with Crippen LogP contribution in [0.3, 0.4) is 0 Å². The molecule has 2 aromatic rings. The summed E-state index contributed by atoms with van der Waals surface area (Å²) in [6.45, 7) is 2.70. The van der Waals surface area contributed by atoms with Gasteiger partial charge in [-0.15, -0.1) is 0 Å². The maximum Gasteiger partial charge on any atom is 0.271 e. The fourth-order valence-corrected chi connectivity index (χ4v) is 1.79. The van der Waals surface area contributed by atoms with Crippen molar-refractivity contribution in [3.05, 3.63) is 47.9 Å². The molecule has 0 aliphatic heterocycles. The molecule has 1 amide bonds. The molecule has 0 saturated heterocycles. The highest BCUT2D eigenvalue weighted by atomic mass is 16.1. The number of amides is 1. The largest absolute Gasteiger partial charge is 0.351 e. The van der Waals surface area contributed by atoms with Gasteiger partial charge in [0, 0.05) is 12.2 Å². The number of nitrogens with one attached hydrogen (secondary N) is 2. The van der Waals surface area contributed by atoms with E-state index in [1.807, 2.05) is 6.07 Å². The van der Waals surface area contributed by atoms with Crippen molar-refractivity contribution in [2.45, 2.75) is 19.8 Å². The number of carbonyl (C=O) groups excluding carboxylic acids is 1. The molecule has 0 atom stereocenters. The topological polar surface area (TPSA) is 90.7 Å². The predicted molar refractivity (Wildman–Crippen MR) is 83.7 cm³/mol. The van der Waals surface area contributed by atoms with E-state index < -0.39 is 0 Å². The van der Waals surface area contributed by atoms with Crippen LogP contribution in [0.15, 0.2) is 36.7 Å². The SMILES string of the molecule is CCCCNC(=O)c1cnc(Nc2cccc(C#N)c2)cn1. The standard InChI is InChI=1S/C16H17N5O/c1-2-3-7-18-16(22)14-10-20-15(11-19-14)21-13-6-4-5-12(8-13)9-17/h4-6,8,10-11H,2-3,7H2,1H3,(H,18,22)(H,20,21). The van der Waals surface area contributed by atoms with Gasteiger partial charge in [-0.25, -0.2) is 9.97 Å². The molecule has 0 fully saturated rings. The molecule has 2 rings (SSSR count). The molecule has 6 heteroatoms. The van der Waals surface area contributed by atoms with Crippen LogP contribution in [0.2, 0.25) is 0 Å². The summed E-state index contributed by atoms with van der Waals surface area (Å²) in [4.78, 5) is 20.1. The number of nitrogens with zero attached hydrogens (tertiary/aromatic N) is 3. The number of hydrogen-bond acceptors (Lipinski definition) is 5. The third-order valence-electron chi connectivity index (χ3n) is 2.96. The Labute approximate surface area is 129 Å². The highest BCUT2D eigenvalue weighted by Crippen LogP contribution is 2.14. The zero-order valence-corrected chi connectivity index (χ0v) is 12.3. The number of rotatable bonds is 6. The maximum atomic E-state index is 11.8. The first-order valence-electron chi connectivity index (χ1n) is 7.10. The van der Waals surface area contributed by atoms with Crippen molar-refractivity contribution >= 4 is 17.4 Å². The van der Waals surface area contributed by atoms with Crippen molar-refractivity contribution in [2.24, 2.45) is 0 Å². The molecule has 112 valence electrons. The monoisotopic (exact) mass is 295 g/mol. The van der Waals surface area contributed by atoms with E-state index in [9.17, 15) is 4.79 Å². The minimum Gasteiger partial charge on any atom is -0.351 e. The highest BCUT2D eigenvalue weighted by molar-refractivity contribution is 5.92. The van der Waals surface area contributed by atoms with Crippen LogP contribution in [0.5, 0.6) is 0 Å². The lowest BCUT2D eigenvalue weighted by Gasteiger charge is -2.06. The minimum atomic E-state index is -0.223. The Bertz CT molecular complexity index is 676. The maximum absolute atomic E-state index is 11.8. The zero-order chi connectivity index (χ0) is 15.8. The molecule has 1 aromatic carbocycles. The van der Waals surface area contributed by atoms with Crippen molar-refractivity contribution in [3.63, 3.8) is 0 Å². The van der Waals surface area contributed by atoms with Crippen LogP contribution in [-0.2, 0) is 0 Å². The number of nitriles is 1. The Morgan fingerprint density at radius 1 is 1.32 bits per heavy atom. The van der Waals surface area contributed by atoms with E-state index >= 15 is 0 Å². The van der Waals surface area contributed by atoms with Gasteiger partial charge in [0.05, 0.1) is 24.0 Å². The van der Waals surface area contributed by atoms with Gasteiger partial charge < -0.3 is 10.6 Å². The molecule has 1 heterocycles. The molecule has 2 N–H and O–H groups in total. The lowest BCUT2D eigenvalue weighted by Crippen LogP contribution is -2.25. The van der Waals surface area contributed by atoms with E-state index in [4.69, 9.17) is 5.26 Å². The van der Waals surface area contributed by atoms with Crippen LogP contribution in [0.1, 0.15) is 35.8 Å². The number of unbranched alkanes of at least 4 members (excludes halogenated alkanes) is 1. The summed E-state index contributed by atoms with van der Waals surface area (Å²) in [6, 6.07) is 9.12. The predicted octanol–water partition coefficient (Wildman–Crippen LogP) is 2.62. The number of hydrogen-bond donors (Lipinski definition) is 2. The Balaban J connectivity index is 1.99.